The third-order valence-corrected chi connectivity index (χ3v) is 3.62. The van der Waals surface area contributed by atoms with Gasteiger partial charge in [-0.2, -0.15) is 13.2 Å². The Bertz CT molecular complexity index is 415. The minimum absolute atomic E-state index is 0.395. The van der Waals surface area contributed by atoms with Crippen LogP contribution in [0.5, 0.6) is 5.75 Å². The van der Waals surface area contributed by atoms with Crippen LogP contribution in [0, 0.1) is 0 Å². The van der Waals surface area contributed by atoms with Gasteiger partial charge in [0.2, 0.25) is 0 Å². The summed E-state index contributed by atoms with van der Waals surface area (Å²) >= 11 is 6.65. The number of benzene rings is 1. The molecule has 0 saturated carbocycles. The number of nitrogens with one attached hydrogen (secondary N) is 1. The summed E-state index contributed by atoms with van der Waals surface area (Å²) in [4.78, 5) is 0. The third kappa shape index (κ3) is 6.45. The van der Waals surface area contributed by atoms with Crippen molar-refractivity contribution in [3.63, 3.8) is 0 Å². The highest BCUT2D eigenvalue weighted by Crippen LogP contribution is 2.35. The molecule has 20 heavy (non-hydrogen) atoms. The molecule has 0 spiro atoms. The molecule has 0 aliphatic rings. The zero-order valence-corrected chi connectivity index (χ0v) is 14.2. The zero-order valence-electron chi connectivity index (χ0n) is 11.0. The number of hydrogen-bond acceptors (Lipinski definition) is 2. The molecule has 1 aromatic rings. The van der Waals surface area contributed by atoms with Gasteiger partial charge in [-0.05, 0) is 62.5 Å². The van der Waals surface area contributed by atoms with Gasteiger partial charge in [-0.3, -0.25) is 0 Å². The number of halogens is 5. The van der Waals surface area contributed by atoms with Crippen LogP contribution in [0.1, 0.15) is 25.3 Å². The molecule has 0 unspecified atom stereocenters. The molecular weight excluding hydrogens is 403 g/mol. The Morgan fingerprint density at radius 3 is 2.30 bits per heavy atom. The highest BCUT2D eigenvalue weighted by Gasteiger charge is 2.27. The van der Waals surface area contributed by atoms with Gasteiger partial charge in [-0.1, -0.05) is 6.92 Å². The second kappa shape index (κ2) is 8.24. The number of ether oxygens (including phenoxy) is 1. The van der Waals surface area contributed by atoms with E-state index in [1.54, 1.807) is 0 Å². The first kappa shape index (κ1) is 17.8. The van der Waals surface area contributed by atoms with Gasteiger partial charge in [-0.15, -0.1) is 0 Å². The lowest BCUT2D eigenvalue weighted by molar-refractivity contribution is -0.139. The first-order chi connectivity index (χ1) is 9.33. The van der Waals surface area contributed by atoms with Crippen LogP contribution in [-0.4, -0.2) is 19.3 Å². The molecule has 0 aliphatic carbocycles. The van der Waals surface area contributed by atoms with E-state index in [-0.39, 0.29) is 0 Å². The van der Waals surface area contributed by atoms with Crippen LogP contribution in [0.4, 0.5) is 13.2 Å². The van der Waals surface area contributed by atoms with Gasteiger partial charge in [0.1, 0.15) is 5.75 Å². The van der Waals surface area contributed by atoms with Crippen molar-refractivity contribution < 1.29 is 17.9 Å². The van der Waals surface area contributed by atoms with E-state index in [9.17, 15) is 13.2 Å². The fraction of sp³-hybridized carbons (Fsp3) is 0.538. The number of alkyl halides is 3. The molecule has 0 amide bonds. The summed E-state index contributed by atoms with van der Waals surface area (Å²) in [7, 11) is 0. The normalized spacial score (nSPS) is 11.7. The van der Waals surface area contributed by atoms with Crippen molar-refractivity contribution in [1.82, 2.24) is 5.32 Å². The lowest BCUT2D eigenvalue weighted by Crippen LogP contribution is -2.14. The molecule has 0 radical (unpaired) electrons. The van der Waals surface area contributed by atoms with E-state index in [1.165, 1.54) is 0 Å². The van der Waals surface area contributed by atoms with E-state index >= 15 is 0 Å². The second-order valence-electron chi connectivity index (χ2n) is 4.28. The Morgan fingerprint density at radius 1 is 1.20 bits per heavy atom. The monoisotopic (exact) mass is 417 g/mol. The van der Waals surface area contributed by atoms with Gasteiger partial charge in [0.05, 0.1) is 22.0 Å². The van der Waals surface area contributed by atoms with Crippen molar-refractivity contribution in [2.75, 3.05) is 13.2 Å². The lowest BCUT2D eigenvalue weighted by atomic mass is 10.2. The van der Waals surface area contributed by atoms with Gasteiger partial charge in [-0.25, -0.2) is 0 Å². The third-order valence-electron chi connectivity index (χ3n) is 2.45. The van der Waals surface area contributed by atoms with Gasteiger partial charge in [0.25, 0.3) is 0 Å². The van der Waals surface area contributed by atoms with Crippen molar-refractivity contribution >= 4 is 31.9 Å². The van der Waals surface area contributed by atoms with Crippen LogP contribution in [0.15, 0.2) is 21.1 Å². The van der Waals surface area contributed by atoms with E-state index in [4.69, 9.17) is 4.74 Å². The molecule has 1 rings (SSSR count). The minimum atomic E-state index is -4.21. The molecule has 0 aromatic heterocycles. The van der Waals surface area contributed by atoms with Crippen LogP contribution >= 0.6 is 31.9 Å². The fourth-order valence-electron chi connectivity index (χ4n) is 1.53. The summed E-state index contributed by atoms with van der Waals surface area (Å²) in [6.45, 7) is 3.30. The van der Waals surface area contributed by atoms with E-state index in [1.807, 2.05) is 12.1 Å². The van der Waals surface area contributed by atoms with Gasteiger partial charge < -0.3 is 10.1 Å². The predicted octanol–water partition coefficient (Wildman–Crippen LogP) is 5.04. The van der Waals surface area contributed by atoms with E-state index < -0.39 is 19.2 Å². The SMILES string of the molecule is CCCNCc1cc(Br)c(OCCC(F)(F)F)c(Br)c1. The molecule has 7 heteroatoms. The van der Waals surface area contributed by atoms with Crippen molar-refractivity contribution in [2.45, 2.75) is 32.5 Å². The van der Waals surface area contributed by atoms with Crippen LogP contribution in [0.2, 0.25) is 0 Å². The topological polar surface area (TPSA) is 21.3 Å². The first-order valence-electron chi connectivity index (χ1n) is 6.21. The van der Waals surface area contributed by atoms with Crippen molar-refractivity contribution in [3.8, 4) is 5.75 Å². The summed E-state index contributed by atoms with van der Waals surface area (Å²) in [6, 6.07) is 3.69. The first-order valence-corrected chi connectivity index (χ1v) is 7.80. The summed E-state index contributed by atoms with van der Waals surface area (Å²) in [6.07, 6.45) is -4.13. The van der Waals surface area contributed by atoms with Gasteiger partial charge >= 0.3 is 6.18 Å². The van der Waals surface area contributed by atoms with E-state index in [2.05, 4.69) is 44.1 Å². The van der Waals surface area contributed by atoms with Crippen LogP contribution in [0.25, 0.3) is 0 Å². The summed E-state index contributed by atoms with van der Waals surface area (Å²) < 4.78 is 42.7. The lowest BCUT2D eigenvalue weighted by Gasteiger charge is -2.13. The molecule has 0 heterocycles. The molecule has 114 valence electrons. The minimum Gasteiger partial charge on any atom is -0.491 e. The summed E-state index contributed by atoms with van der Waals surface area (Å²) in [5.41, 5.74) is 1.03. The molecule has 0 atom stereocenters. The second-order valence-corrected chi connectivity index (χ2v) is 5.99. The molecule has 1 N–H and O–H groups in total. The molecule has 1 aromatic carbocycles. The Kier molecular flexibility index (Phi) is 7.33. The fourth-order valence-corrected chi connectivity index (χ4v) is 3.04. The van der Waals surface area contributed by atoms with Crippen LogP contribution in [-0.2, 0) is 6.54 Å². The maximum atomic E-state index is 12.1. The molecule has 0 aliphatic heterocycles. The quantitative estimate of drug-likeness (QED) is 0.626. The van der Waals surface area contributed by atoms with Crippen LogP contribution < -0.4 is 10.1 Å². The van der Waals surface area contributed by atoms with Crippen molar-refractivity contribution in [3.05, 3.63) is 26.6 Å². The largest absolute Gasteiger partial charge is 0.491 e. The van der Waals surface area contributed by atoms with E-state index in [0.717, 1.165) is 18.5 Å². The van der Waals surface area contributed by atoms with Crippen molar-refractivity contribution in [1.29, 1.82) is 0 Å². The average molecular weight is 419 g/mol. The standard InChI is InChI=1S/C13H16Br2F3NO/c1-2-4-19-8-9-6-10(14)12(11(15)7-9)20-5-3-13(16,17)18/h6-7,19H,2-5,8H2,1H3. The number of hydrogen-bond donors (Lipinski definition) is 1. The molecule has 0 fully saturated rings. The Hall–Kier alpha value is -0.270. The number of rotatable bonds is 7. The molecular formula is C13H16Br2F3NO. The Labute approximate surface area is 133 Å². The smallest absolute Gasteiger partial charge is 0.392 e. The van der Waals surface area contributed by atoms with E-state index in [0.29, 0.717) is 21.2 Å². The maximum Gasteiger partial charge on any atom is 0.392 e. The molecule has 2 nitrogen and oxygen atoms in total. The average Bonchev–Trinajstić information content (AvgIpc) is 2.32. The van der Waals surface area contributed by atoms with Gasteiger partial charge in [0, 0.05) is 6.54 Å². The summed E-state index contributed by atoms with van der Waals surface area (Å²) in [5, 5.41) is 3.26. The van der Waals surface area contributed by atoms with Crippen LogP contribution in [0.3, 0.4) is 0 Å². The Morgan fingerprint density at radius 2 is 1.80 bits per heavy atom. The predicted molar refractivity (Wildman–Crippen MR) is 80.0 cm³/mol. The zero-order chi connectivity index (χ0) is 15.2. The molecule has 0 saturated heterocycles. The van der Waals surface area contributed by atoms with Crippen molar-refractivity contribution in [2.24, 2.45) is 0 Å². The Balaban J connectivity index is 2.64. The maximum absolute atomic E-state index is 12.1. The molecule has 0 bridgehead atoms. The highest BCUT2D eigenvalue weighted by atomic mass is 79.9. The highest BCUT2D eigenvalue weighted by molar-refractivity contribution is 9.11. The summed E-state index contributed by atoms with van der Waals surface area (Å²) in [5.74, 6) is 0.397. The van der Waals surface area contributed by atoms with Gasteiger partial charge in [0.15, 0.2) is 0 Å².